The average Bonchev–Trinajstić information content (AvgIpc) is 3.20. The molecular formula is C24H25N5O4. The predicted octanol–water partition coefficient (Wildman–Crippen LogP) is 2.91. The third-order valence-electron chi connectivity index (χ3n) is 5.58. The molecule has 0 aliphatic heterocycles. The summed E-state index contributed by atoms with van der Waals surface area (Å²) in [5.74, 6) is 0.174. The molecule has 4 rings (SSSR count). The Bertz CT molecular complexity index is 1360. The summed E-state index contributed by atoms with van der Waals surface area (Å²) in [7, 11) is 3.01. The van der Waals surface area contributed by atoms with Gasteiger partial charge in [0.15, 0.2) is 17.1 Å². The number of benzene rings is 2. The third-order valence-corrected chi connectivity index (χ3v) is 5.58. The lowest BCUT2D eigenvalue weighted by molar-refractivity contribution is -0.121. The van der Waals surface area contributed by atoms with Crippen molar-refractivity contribution < 1.29 is 19.1 Å². The van der Waals surface area contributed by atoms with Crippen molar-refractivity contribution in [2.24, 2.45) is 0 Å². The molecule has 9 nitrogen and oxygen atoms in total. The van der Waals surface area contributed by atoms with Gasteiger partial charge in [0.2, 0.25) is 5.91 Å². The monoisotopic (exact) mass is 447 g/mol. The van der Waals surface area contributed by atoms with Crippen LogP contribution in [0, 0.1) is 13.8 Å². The standard InChI is InChI=1S/C24H25N5O4/c1-14-17(15(2)29-23(25-14)18-7-5-6-8-19(18)28-29)10-12-22(30)26-27-24(31)16-9-11-20(32-3)21(13-16)33-4/h5-9,11,13H,10,12H2,1-4H3,(H,26,30)(H,27,31). The molecule has 0 saturated carbocycles. The fourth-order valence-corrected chi connectivity index (χ4v) is 3.82. The Balaban J connectivity index is 1.42. The molecule has 0 aliphatic carbocycles. The number of methoxy groups -OCH3 is 2. The van der Waals surface area contributed by atoms with Crippen LogP contribution < -0.4 is 20.3 Å². The summed E-state index contributed by atoms with van der Waals surface area (Å²) in [6.45, 7) is 3.90. The molecule has 2 N–H and O–H groups in total. The highest BCUT2D eigenvalue weighted by atomic mass is 16.5. The minimum Gasteiger partial charge on any atom is -0.493 e. The summed E-state index contributed by atoms with van der Waals surface area (Å²) >= 11 is 0. The Morgan fingerprint density at radius 3 is 2.52 bits per heavy atom. The molecule has 2 amide bonds. The van der Waals surface area contributed by atoms with Gasteiger partial charge >= 0.3 is 0 Å². The highest BCUT2D eigenvalue weighted by molar-refractivity contribution is 5.96. The summed E-state index contributed by atoms with van der Waals surface area (Å²) in [6.07, 6.45) is 0.650. The lowest BCUT2D eigenvalue weighted by atomic mass is 10.1. The first-order chi connectivity index (χ1) is 15.9. The van der Waals surface area contributed by atoms with Crippen LogP contribution in [-0.2, 0) is 11.2 Å². The summed E-state index contributed by atoms with van der Waals surface area (Å²) in [4.78, 5) is 29.5. The molecule has 0 fully saturated rings. The minimum atomic E-state index is -0.456. The van der Waals surface area contributed by atoms with E-state index < -0.39 is 5.91 Å². The van der Waals surface area contributed by atoms with E-state index >= 15 is 0 Å². The molecule has 0 radical (unpaired) electrons. The van der Waals surface area contributed by atoms with Gasteiger partial charge in [0.25, 0.3) is 5.91 Å². The van der Waals surface area contributed by atoms with Gasteiger partial charge in [-0.2, -0.15) is 5.10 Å². The van der Waals surface area contributed by atoms with Crippen LogP contribution in [0.5, 0.6) is 11.5 Å². The number of nitrogens with one attached hydrogen (secondary N) is 2. The van der Waals surface area contributed by atoms with Crippen molar-refractivity contribution in [2.45, 2.75) is 26.7 Å². The second-order valence-corrected chi connectivity index (χ2v) is 7.59. The van der Waals surface area contributed by atoms with Gasteiger partial charge in [0, 0.05) is 28.8 Å². The molecule has 2 heterocycles. The maximum Gasteiger partial charge on any atom is 0.269 e. The maximum absolute atomic E-state index is 12.4. The Labute approximate surface area is 190 Å². The molecule has 4 aromatic rings. The Morgan fingerprint density at radius 2 is 1.76 bits per heavy atom. The molecule has 9 heteroatoms. The quantitative estimate of drug-likeness (QED) is 0.440. The van der Waals surface area contributed by atoms with E-state index in [2.05, 4.69) is 16.0 Å². The van der Waals surface area contributed by atoms with Crippen molar-refractivity contribution in [2.75, 3.05) is 14.2 Å². The molecule has 0 atom stereocenters. The molecule has 2 aromatic heterocycles. The van der Waals surface area contributed by atoms with Gasteiger partial charge in [-0.15, -0.1) is 0 Å². The number of carbonyl (C=O) groups is 2. The number of nitrogens with zero attached hydrogens (tertiary/aromatic N) is 3. The molecule has 0 spiro atoms. The predicted molar refractivity (Wildman–Crippen MR) is 123 cm³/mol. The second kappa shape index (κ2) is 9.15. The van der Waals surface area contributed by atoms with Crippen molar-refractivity contribution in [1.29, 1.82) is 0 Å². The number of rotatable bonds is 6. The second-order valence-electron chi connectivity index (χ2n) is 7.59. The summed E-state index contributed by atoms with van der Waals surface area (Å²) in [6, 6.07) is 12.6. The zero-order chi connectivity index (χ0) is 23.5. The van der Waals surface area contributed by atoms with Gasteiger partial charge in [-0.05, 0) is 56.2 Å². The van der Waals surface area contributed by atoms with Gasteiger partial charge < -0.3 is 9.47 Å². The van der Waals surface area contributed by atoms with Gasteiger partial charge in [0.1, 0.15) is 0 Å². The van der Waals surface area contributed by atoms with Crippen molar-refractivity contribution in [3.8, 4) is 11.5 Å². The zero-order valence-electron chi connectivity index (χ0n) is 18.9. The first kappa shape index (κ1) is 22.1. The van der Waals surface area contributed by atoms with E-state index in [1.165, 1.54) is 14.2 Å². The number of hydrogen-bond donors (Lipinski definition) is 2. The van der Waals surface area contributed by atoms with E-state index in [0.29, 0.717) is 23.5 Å². The van der Waals surface area contributed by atoms with Crippen molar-refractivity contribution in [3.63, 3.8) is 0 Å². The minimum absolute atomic E-state index is 0.182. The van der Waals surface area contributed by atoms with Crippen molar-refractivity contribution >= 4 is 28.4 Å². The Hall–Kier alpha value is -4.14. The number of fused-ring (bicyclic) bond motifs is 3. The maximum atomic E-state index is 12.4. The number of aryl methyl sites for hydroxylation is 2. The number of amides is 2. The lowest BCUT2D eigenvalue weighted by Gasteiger charge is -2.12. The van der Waals surface area contributed by atoms with E-state index in [4.69, 9.17) is 14.5 Å². The van der Waals surface area contributed by atoms with Crippen LogP contribution in [0.1, 0.15) is 33.7 Å². The van der Waals surface area contributed by atoms with Crippen molar-refractivity contribution in [3.05, 3.63) is 65.0 Å². The normalized spacial score (nSPS) is 10.9. The molecular weight excluding hydrogens is 422 g/mol. The van der Waals surface area contributed by atoms with Crippen LogP contribution in [0.15, 0.2) is 42.5 Å². The highest BCUT2D eigenvalue weighted by Gasteiger charge is 2.16. The number of aromatic nitrogens is 3. The molecule has 0 saturated heterocycles. The molecule has 0 bridgehead atoms. The number of carbonyl (C=O) groups excluding carboxylic acids is 2. The third kappa shape index (κ3) is 4.30. The summed E-state index contributed by atoms with van der Waals surface area (Å²) in [5, 5.41) is 5.63. The first-order valence-corrected chi connectivity index (χ1v) is 10.5. The first-order valence-electron chi connectivity index (χ1n) is 10.5. The highest BCUT2D eigenvalue weighted by Crippen LogP contribution is 2.27. The topological polar surface area (TPSA) is 107 Å². The SMILES string of the molecule is COc1ccc(C(=O)NNC(=O)CCc2c(C)nc3c4ccccc4nn3c2C)cc1OC. The smallest absolute Gasteiger partial charge is 0.269 e. The Kier molecular flexibility index (Phi) is 6.12. The zero-order valence-corrected chi connectivity index (χ0v) is 18.9. The van der Waals surface area contributed by atoms with Crippen LogP contribution in [-0.4, -0.2) is 40.6 Å². The lowest BCUT2D eigenvalue weighted by Crippen LogP contribution is -2.41. The van der Waals surface area contributed by atoms with E-state index in [-0.39, 0.29) is 12.3 Å². The van der Waals surface area contributed by atoms with E-state index in [9.17, 15) is 9.59 Å². The van der Waals surface area contributed by atoms with Crippen LogP contribution in [0.4, 0.5) is 0 Å². The largest absolute Gasteiger partial charge is 0.493 e. The average molecular weight is 447 g/mol. The van der Waals surface area contributed by atoms with E-state index in [1.807, 2.05) is 42.6 Å². The van der Waals surface area contributed by atoms with E-state index in [0.717, 1.165) is 33.5 Å². The van der Waals surface area contributed by atoms with Gasteiger partial charge in [-0.25, -0.2) is 9.50 Å². The van der Waals surface area contributed by atoms with Gasteiger partial charge in [0.05, 0.1) is 19.7 Å². The fraction of sp³-hybridized carbons (Fsp3) is 0.250. The molecule has 170 valence electrons. The Morgan fingerprint density at radius 1 is 1.00 bits per heavy atom. The summed E-state index contributed by atoms with van der Waals surface area (Å²) in [5.41, 5.74) is 9.65. The molecule has 33 heavy (non-hydrogen) atoms. The summed E-state index contributed by atoms with van der Waals surface area (Å²) < 4.78 is 12.2. The number of ether oxygens (including phenoxy) is 2. The van der Waals surface area contributed by atoms with Crippen LogP contribution in [0.2, 0.25) is 0 Å². The molecule has 2 aromatic carbocycles. The molecule has 0 aliphatic rings. The number of hydrogen-bond acceptors (Lipinski definition) is 6. The molecule has 0 unspecified atom stereocenters. The van der Waals surface area contributed by atoms with Crippen molar-refractivity contribution in [1.82, 2.24) is 25.4 Å². The van der Waals surface area contributed by atoms with Crippen LogP contribution >= 0.6 is 0 Å². The number of hydrazine groups is 1. The van der Waals surface area contributed by atoms with E-state index in [1.54, 1.807) is 18.2 Å². The van der Waals surface area contributed by atoms with Gasteiger partial charge in [-0.3, -0.25) is 20.4 Å². The fourth-order valence-electron chi connectivity index (χ4n) is 3.82. The van der Waals surface area contributed by atoms with Crippen LogP contribution in [0.3, 0.4) is 0 Å². The van der Waals surface area contributed by atoms with Crippen LogP contribution in [0.25, 0.3) is 16.6 Å². The van der Waals surface area contributed by atoms with Gasteiger partial charge in [-0.1, -0.05) is 12.1 Å².